The van der Waals surface area contributed by atoms with E-state index in [9.17, 15) is 22.9 Å². The highest BCUT2D eigenvalue weighted by Gasteiger charge is 2.28. The van der Waals surface area contributed by atoms with Gasteiger partial charge in [-0.1, -0.05) is 30.3 Å². The third kappa shape index (κ3) is 4.71. The van der Waals surface area contributed by atoms with Gasteiger partial charge in [0.15, 0.2) is 0 Å². The number of phenols is 1. The second-order valence-corrected chi connectivity index (χ2v) is 6.80. The molecule has 1 unspecified atom stereocenters. The average molecular weight is 351 g/mol. The average Bonchev–Trinajstić information content (AvgIpc) is 2.51. The number of phenolic OH excluding ortho intramolecular Hbond substituents is 1. The van der Waals surface area contributed by atoms with Crippen molar-refractivity contribution in [3.8, 4) is 5.75 Å². The van der Waals surface area contributed by atoms with Crippen molar-refractivity contribution in [3.05, 3.63) is 60.2 Å². The molecule has 2 aromatic carbocycles. The lowest BCUT2D eigenvalue weighted by molar-refractivity contribution is -0.135. The number of anilines is 1. The Morgan fingerprint density at radius 2 is 1.62 bits per heavy atom. The molecule has 0 fully saturated rings. The molecule has 3 N–H and O–H groups in total. The monoisotopic (exact) mass is 351 g/mol. The Morgan fingerprint density at radius 1 is 1.04 bits per heavy atom. The molecule has 0 aromatic heterocycles. The number of nitrogens with zero attached hydrogens (tertiary/aromatic N) is 1. The summed E-state index contributed by atoms with van der Waals surface area (Å²) < 4.78 is 33.1. The van der Waals surface area contributed by atoms with Crippen molar-refractivity contribution >= 4 is 21.8 Å². The van der Waals surface area contributed by atoms with Crippen LogP contribution in [0.4, 0.5) is 5.69 Å². The molecule has 0 aliphatic carbocycles. The van der Waals surface area contributed by atoms with Crippen molar-refractivity contribution in [1.82, 2.24) is 0 Å². The number of hydrogen-bond acceptors (Lipinski definition) is 5. The first-order chi connectivity index (χ1) is 11.3. The number of aromatic hydroxyl groups is 1. The van der Waals surface area contributed by atoms with E-state index in [1.807, 2.05) is 0 Å². The van der Waals surface area contributed by atoms with Crippen LogP contribution in [0.3, 0.4) is 0 Å². The molecule has 0 saturated carbocycles. The van der Waals surface area contributed by atoms with Crippen LogP contribution in [-0.2, 0) is 14.9 Å². The van der Waals surface area contributed by atoms with Crippen molar-refractivity contribution in [1.29, 1.82) is 0 Å². The Balaban J connectivity index is 2.38. The Labute approximate surface area is 139 Å². The van der Waals surface area contributed by atoms with Crippen LogP contribution in [-0.4, -0.2) is 42.2 Å². The lowest BCUT2D eigenvalue weighted by atomic mass is 10.1. The van der Waals surface area contributed by atoms with Crippen molar-refractivity contribution in [2.45, 2.75) is 5.25 Å². The Kier molecular flexibility index (Phi) is 5.42. The van der Waals surface area contributed by atoms with E-state index < -0.39 is 27.9 Å². The van der Waals surface area contributed by atoms with Gasteiger partial charge in [-0.15, -0.1) is 0 Å². The summed E-state index contributed by atoms with van der Waals surface area (Å²) in [6.45, 7) is -0.705. The number of benzene rings is 2. The number of hydrogen-bond donors (Lipinski definition) is 3. The second-order valence-electron chi connectivity index (χ2n) is 5.20. The predicted molar refractivity (Wildman–Crippen MR) is 88.7 cm³/mol. The van der Waals surface area contributed by atoms with Gasteiger partial charge in [0.25, 0.3) is 10.1 Å². The van der Waals surface area contributed by atoms with Crippen LogP contribution in [0.15, 0.2) is 54.6 Å². The molecule has 2 aromatic rings. The first kappa shape index (κ1) is 17.8. The number of carboxylic acid groups (broad SMARTS) is 1. The molecular formula is C16H17NO6S. The van der Waals surface area contributed by atoms with Gasteiger partial charge < -0.3 is 15.1 Å². The maximum atomic E-state index is 11.8. The smallest absolute Gasteiger partial charge is 0.323 e. The zero-order valence-electron chi connectivity index (χ0n) is 12.6. The third-order valence-corrected chi connectivity index (χ3v) is 4.60. The zero-order chi connectivity index (χ0) is 17.7. The molecule has 24 heavy (non-hydrogen) atoms. The van der Waals surface area contributed by atoms with Crippen molar-refractivity contribution in [2.75, 3.05) is 18.0 Å². The van der Waals surface area contributed by atoms with Crippen LogP contribution >= 0.6 is 0 Å². The summed E-state index contributed by atoms with van der Waals surface area (Å²) in [5, 5.41) is 17.1. The van der Waals surface area contributed by atoms with Gasteiger partial charge in [-0.25, -0.2) is 0 Å². The van der Waals surface area contributed by atoms with Crippen LogP contribution in [0.5, 0.6) is 5.75 Å². The minimum Gasteiger partial charge on any atom is -0.508 e. The third-order valence-electron chi connectivity index (χ3n) is 3.46. The molecule has 0 aliphatic heterocycles. The predicted octanol–water partition coefficient (Wildman–Crippen LogP) is 1.91. The van der Waals surface area contributed by atoms with E-state index in [2.05, 4.69) is 0 Å². The lowest BCUT2D eigenvalue weighted by Crippen LogP contribution is -2.35. The lowest BCUT2D eigenvalue weighted by Gasteiger charge is -2.27. The Morgan fingerprint density at radius 3 is 2.12 bits per heavy atom. The number of aliphatic carboxylic acids is 1. The molecule has 8 heteroatoms. The molecule has 128 valence electrons. The summed E-state index contributed by atoms with van der Waals surface area (Å²) in [6.07, 6.45) is 0. The normalized spacial score (nSPS) is 12.5. The number of carboxylic acids is 1. The van der Waals surface area contributed by atoms with Gasteiger partial charge >= 0.3 is 5.97 Å². The van der Waals surface area contributed by atoms with Gasteiger partial charge in [0, 0.05) is 12.2 Å². The van der Waals surface area contributed by atoms with E-state index in [0.29, 0.717) is 11.3 Å². The second kappa shape index (κ2) is 7.33. The quantitative estimate of drug-likeness (QED) is 0.653. The van der Waals surface area contributed by atoms with Crippen molar-refractivity contribution < 1.29 is 28.0 Å². The summed E-state index contributed by atoms with van der Waals surface area (Å²) in [6, 6.07) is 13.8. The van der Waals surface area contributed by atoms with Crippen LogP contribution < -0.4 is 4.90 Å². The maximum Gasteiger partial charge on any atom is 0.323 e. The van der Waals surface area contributed by atoms with Crippen LogP contribution in [0.1, 0.15) is 10.8 Å². The molecule has 1 atom stereocenters. The molecule has 2 rings (SSSR count). The van der Waals surface area contributed by atoms with Gasteiger partial charge in [0.1, 0.15) is 17.5 Å². The molecule has 0 radical (unpaired) electrons. The topological polar surface area (TPSA) is 115 Å². The molecule has 0 amide bonds. The highest BCUT2D eigenvalue weighted by atomic mass is 32.2. The van der Waals surface area contributed by atoms with Crippen LogP contribution in [0.2, 0.25) is 0 Å². The molecule has 0 spiro atoms. The molecular weight excluding hydrogens is 334 g/mol. The fourth-order valence-corrected chi connectivity index (χ4v) is 3.20. The van der Waals surface area contributed by atoms with Crippen molar-refractivity contribution in [3.63, 3.8) is 0 Å². The van der Waals surface area contributed by atoms with Crippen LogP contribution in [0.25, 0.3) is 0 Å². The van der Waals surface area contributed by atoms with E-state index in [1.54, 1.807) is 30.3 Å². The van der Waals surface area contributed by atoms with E-state index >= 15 is 0 Å². The summed E-state index contributed by atoms with van der Waals surface area (Å²) >= 11 is 0. The largest absolute Gasteiger partial charge is 0.508 e. The minimum atomic E-state index is -4.45. The molecule has 0 bridgehead atoms. The van der Waals surface area contributed by atoms with Gasteiger partial charge in [-0.2, -0.15) is 8.42 Å². The zero-order valence-corrected chi connectivity index (χ0v) is 13.4. The molecule has 7 nitrogen and oxygen atoms in total. The molecule has 0 saturated heterocycles. The van der Waals surface area contributed by atoms with E-state index in [1.165, 1.54) is 29.2 Å². The fourth-order valence-electron chi connectivity index (χ4n) is 2.33. The fraction of sp³-hybridized carbons (Fsp3) is 0.188. The van der Waals surface area contributed by atoms with Crippen molar-refractivity contribution in [2.24, 2.45) is 0 Å². The molecule has 0 aliphatic rings. The standard InChI is InChI=1S/C16H17NO6S/c18-14-8-6-13(7-9-14)17(11-16(19)20)10-15(24(21,22)23)12-4-2-1-3-5-12/h1-9,15,18H,10-11H2,(H,19,20)(H,21,22,23). The summed E-state index contributed by atoms with van der Waals surface area (Å²) in [5.74, 6) is -1.14. The first-order valence-electron chi connectivity index (χ1n) is 7.04. The number of rotatable bonds is 7. The summed E-state index contributed by atoms with van der Waals surface area (Å²) in [5.41, 5.74) is 0.772. The molecule has 0 heterocycles. The van der Waals surface area contributed by atoms with E-state index in [0.717, 1.165) is 0 Å². The summed E-state index contributed by atoms with van der Waals surface area (Å²) in [4.78, 5) is 12.4. The number of carbonyl (C=O) groups is 1. The summed E-state index contributed by atoms with van der Waals surface area (Å²) in [7, 11) is -4.45. The minimum absolute atomic E-state index is 0.00316. The highest BCUT2D eigenvalue weighted by Crippen LogP contribution is 2.26. The Hall–Kier alpha value is -2.58. The van der Waals surface area contributed by atoms with Gasteiger partial charge in [0.05, 0.1) is 0 Å². The van der Waals surface area contributed by atoms with E-state index in [-0.39, 0.29) is 12.3 Å². The SMILES string of the molecule is O=C(O)CN(CC(c1ccccc1)S(=O)(=O)O)c1ccc(O)cc1. The highest BCUT2D eigenvalue weighted by molar-refractivity contribution is 7.86. The van der Waals surface area contributed by atoms with E-state index in [4.69, 9.17) is 5.11 Å². The van der Waals surface area contributed by atoms with Gasteiger partial charge in [-0.05, 0) is 29.8 Å². The van der Waals surface area contributed by atoms with Gasteiger partial charge in [-0.3, -0.25) is 9.35 Å². The first-order valence-corrected chi connectivity index (χ1v) is 8.54. The van der Waals surface area contributed by atoms with Crippen LogP contribution in [0, 0.1) is 0 Å². The Bertz CT molecular complexity index is 789. The van der Waals surface area contributed by atoms with Gasteiger partial charge in [0.2, 0.25) is 0 Å². The maximum absolute atomic E-state index is 11.8.